The van der Waals surface area contributed by atoms with Crippen molar-refractivity contribution in [3.8, 4) is 11.6 Å². The molecule has 120 valence electrons. The number of fused-ring (bicyclic) bond motifs is 1. The summed E-state index contributed by atoms with van der Waals surface area (Å²) in [5.74, 6) is 0.935. The third-order valence-electron chi connectivity index (χ3n) is 3.59. The van der Waals surface area contributed by atoms with Gasteiger partial charge in [0, 0.05) is 38.0 Å². The van der Waals surface area contributed by atoms with Crippen LogP contribution < -0.4 is 0 Å². The van der Waals surface area contributed by atoms with E-state index in [0.29, 0.717) is 24.7 Å². The molecule has 7 nitrogen and oxygen atoms in total. The lowest BCUT2D eigenvalue weighted by molar-refractivity contribution is -0.133. The zero-order chi connectivity index (χ0) is 16.2. The Bertz CT molecular complexity index is 775. The van der Waals surface area contributed by atoms with Crippen LogP contribution in [0.2, 0.25) is 0 Å². The molecule has 1 amide bonds. The molecule has 1 aromatic carbocycles. The third kappa shape index (κ3) is 3.40. The quantitative estimate of drug-likeness (QED) is 0.751. The lowest BCUT2D eigenvalue weighted by Crippen LogP contribution is -2.31. The second-order valence-electron chi connectivity index (χ2n) is 5.28. The van der Waals surface area contributed by atoms with Crippen molar-refractivity contribution in [2.45, 2.75) is 6.42 Å². The Morgan fingerprint density at radius 2 is 2.22 bits per heavy atom. The van der Waals surface area contributed by atoms with E-state index in [9.17, 15) is 4.79 Å². The monoisotopic (exact) mass is 314 g/mol. The molecule has 2 aromatic heterocycles. The maximum Gasteiger partial charge on any atom is 0.274 e. The molecular weight excluding hydrogens is 296 g/mol. The van der Waals surface area contributed by atoms with Gasteiger partial charge in [-0.25, -0.2) is 0 Å². The molecule has 0 aliphatic rings. The van der Waals surface area contributed by atoms with Crippen LogP contribution in [0, 0.1) is 0 Å². The smallest absolute Gasteiger partial charge is 0.274 e. The molecule has 0 aliphatic heterocycles. The van der Waals surface area contributed by atoms with Gasteiger partial charge in [0.2, 0.25) is 5.91 Å². The van der Waals surface area contributed by atoms with Crippen molar-refractivity contribution in [3.63, 3.8) is 0 Å². The average Bonchev–Trinajstić information content (AvgIpc) is 3.19. The zero-order valence-electron chi connectivity index (χ0n) is 13.1. The molecule has 7 heteroatoms. The first-order valence-corrected chi connectivity index (χ1v) is 7.31. The van der Waals surface area contributed by atoms with E-state index in [-0.39, 0.29) is 12.5 Å². The van der Waals surface area contributed by atoms with E-state index in [4.69, 9.17) is 9.26 Å². The number of carbonyl (C=O) groups excluding carboxylic acids is 1. The van der Waals surface area contributed by atoms with E-state index >= 15 is 0 Å². The summed E-state index contributed by atoms with van der Waals surface area (Å²) in [5, 5.41) is 5.05. The number of ether oxygens (including phenoxy) is 1. The fourth-order valence-corrected chi connectivity index (χ4v) is 2.28. The molecule has 0 unspecified atom stereocenters. The highest BCUT2D eigenvalue weighted by atomic mass is 16.5. The van der Waals surface area contributed by atoms with Gasteiger partial charge in [0.15, 0.2) is 5.82 Å². The average molecular weight is 314 g/mol. The standard InChI is InChI=1S/C16H18N4O3/c1-20(15(21)10-22-2)8-7-14-18-16(23-19-14)13-9-11-5-3-4-6-12(11)17-13/h3-6,9,17H,7-8,10H2,1-2H3. The summed E-state index contributed by atoms with van der Waals surface area (Å²) >= 11 is 0. The molecule has 0 saturated heterocycles. The van der Waals surface area contributed by atoms with Gasteiger partial charge in [-0.2, -0.15) is 4.98 Å². The van der Waals surface area contributed by atoms with Crippen molar-refractivity contribution in [3.05, 3.63) is 36.2 Å². The van der Waals surface area contributed by atoms with Gasteiger partial charge in [-0.1, -0.05) is 23.4 Å². The SMILES string of the molecule is COCC(=O)N(C)CCc1noc(-c2cc3ccccc3[nH]2)n1. The number of nitrogens with one attached hydrogen (secondary N) is 1. The largest absolute Gasteiger partial charge is 0.375 e. The number of aromatic nitrogens is 3. The molecule has 3 aromatic rings. The van der Waals surface area contributed by atoms with Crippen molar-refractivity contribution in [1.82, 2.24) is 20.0 Å². The van der Waals surface area contributed by atoms with Crippen LogP contribution in [-0.2, 0) is 16.0 Å². The van der Waals surface area contributed by atoms with Gasteiger partial charge in [0.05, 0.1) is 0 Å². The number of likely N-dealkylation sites (N-methyl/N-ethyl adjacent to an activating group) is 1. The zero-order valence-corrected chi connectivity index (χ0v) is 13.1. The number of hydrogen-bond acceptors (Lipinski definition) is 5. The maximum atomic E-state index is 11.6. The number of benzene rings is 1. The van der Waals surface area contributed by atoms with Crippen LogP contribution in [0.5, 0.6) is 0 Å². The number of aromatic amines is 1. The highest BCUT2D eigenvalue weighted by Gasteiger charge is 2.13. The minimum Gasteiger partial charge on any atom is -0.375 e. The van der Waals surface area contributed by atoms with Gasteiger partial charge in [0.1, 0.15) is 12.3 Å². The van der Waals surface area contributed by atoms with Crippen LogP contribution in [0.25, 0.3) is 22.5 Å². The fourth-order valence-electron chi connectivity index (χ4n) is 2.28. The first-order chi connectivity index (χ1) is 11.2. The van der Waals surface area contributed by atoms with Gasteiger partial charge in [-0.15, -0.1) is 0 Å². The van der Waals surface area contributed by atoms with E-state index in [1.807, 2.05) is 30.3 Å². The molecule has 3 rings (SSSR count). The summed E-state index contributed by atoms with van der Waals surface area (Å²) in [6.45, 7) is 0.580. The summed E-state index contributed by atoms with van der Waals surface area (Å²) in [6.07, 6.45) is 0.523. The normalized spacial score (nSPS) is 11.0. The van der Waals surface area contributed by atoms with Gasteiger partial charge in [0.25, 0.3) is 5.89 Å². The minimum absolute atomic E-state index is 0.0725. The summed E-state index contributed by atoms with van der Waals surface area (Å²) < 4.78 is 10.1. The molecule has 0 fully saturated rings. The van der Waals surface area contributed by atoms with E-state index in [0.717, 1.165) is 16.6 Å². The topological polar surface area (TPSA) is 84.2 Å². The van der Waals surface area contributed by atoms with E-state index in [2.05, 4.69) is 15.1 Å². The van der Waals surface area contributed by atoms with Crippen molar-refractivity contribution < 1.29 is 14.1 Å². The van der Waals surface area contributed by atoms with Crippen LogP contribution in [0.3, 0.4) is 0 Å². The van der Waals surface area contributed by atoms with Crippen molar-refractivity contribution in [2.24, 2.45) is 0 Å². The number of carbonyl (C=O) groups is 1. The van der Waals surface area contributed by atoms with Crippen molar-refractivity contribution in [2.75, 3.05) is 27.3 Å². The Hall–Kier alpha value is -2.67. The summed E-state index contributed by atoms with van der Waals surface area (Å²) in [6, 6.07) is 9.93. The molecule has 0 saturated carbocycles. The predicted octanol–water partition coefficient (Wildman–Crippen LogP) is 1.87. The van der Waals surface area contributed by atoms with E-state index in [1.54, 1.807) is 11.9 Å². The number of H-pyrrole nitrogens is 1. The first-order valence-electron chi connectivity index (χ1n) is 7.31. The third-order valence-corrected chi connectivity index (χ3v) is 3.59. The van der Waals surface area contributed by atoms with Gasteiger partial charge >= 0.3 is 0 Å². The Morgan fingerprint density at radius 1 is 1.39 bits per heavy atom. The molecule has 2 heterocycles. The van der Waals surface area contributed by atoms with Gasteiger partial charge in [-0.3, -0.25) is 4.79 Å². The molecule has 0 spiro atoms. The second-order valence-corrected chi connectivity index (χ2v) is 5.28. The predicted molar refractivity (Wildman–Crippen MR) is 84.8 cm³/mol. The Balaban J connectivity index is 1.67. The number of rotatable bonds is 6. The molecule has 0 aliphatic carbocycles. The van der Waals surface area contributed by atoms with Crippen LogP contribution in [0.4, 0.5) is 0 Å². The minimum atomic E-state index is -0.0770. The van der Waals surface area contributed by atoms with Crippen LogP contribution >= 0.6 is 0 Å². The van der Waals surface area contributed by atoms with Gasteiger partial charge in [-0.05, 0) is 12.1 Å². The molecule has 0 atom stereocenters. The first kappa shape index (κ1) is 15.2. The number of methoxy groups -OCH3 is 1. The highest BCUT2D eigenvalue weighted by Crippen LogP contribution is 2.22. The fraction of sp³-hybridized carbons (Fsp3) is 0.312. The molecule has 23 heavy (non-hydrogen) atoms. The number of nitrogens with zero attached hydrogens (tertiary/aromatic N) is 3. The summed E-state index contributed by atoms with van der Waals surface area (Å²) in [7, 11) is 3.22. The van der Waals surface area contributed by atoms with Crippen LogP contribution in [0.15, 0.2) is 34.9 Å². The van der Waals surface area contributed by atoms with Crippen LogP contribution in [0.1, 0.15) is 5.82 Å². The van der Waals surface area contributed by atoms with Gasteiger partial charge < -0.3 is 19.1 Å². The lowest BCUT2D eigenvalue weighted by atomic mass is 10.2. The molecular formula is C16H18N4O3. The lowest BCUT2D eigenvalue weighted by Gasteiger charge is -2.15. The maximum absolute atomic E-state index is 11.6. The second kappa shape index (κ2) is 6.62. The van der Waals surface area contributed by atoms with E-state index in [1.165, 1.54) is 7.11 Å². The van der Waals surface area contributed by atoms with Crippen LogP contribution in [-0.4, -0.2) is 53.2 Å². The van der Waals surface area contributed by atoms with Crippen molar-refractivity contribution >= 4 is 16.8 Å². The number of hydrogen-bond donors (Lipinski definition) is 1. The molecule has 0 bridgehead atoms. The Morgan fingerprint density at radius 3 is 3.00 bits per heavy atom. The molecule has 0 radical (unpaired) electrons. The summed E-state index contributed by atoms with van der Waals surface area (Å²) in [5.41, 5.74) is 1.81. The number of para-hydroxylation sites is 1. The van der Waals surface area contributed by atoms with E-state index < -0.39 is 0 Å². The summed E-state index contributed by atoms with van der Waals surface area (Å²) in [4.78, 5) is 20.8. The number of amides is 1. The Kier molecular flexibility index (Phi) is 4.38. The highest BCUT2D eigenvalue weighted by molar-refractivity contribution is 5.84. The molecule has 1 N–H and O–H groups in total. The Labute approximate surface area is 133 Å². The van der Waals surface area contributed by atoms with Crippen molar-refractivity contribution in [1.29, 1.82) is 0 Å².